The monoisotopic (exact) mass is 240 g/mol. The van der Waals surface area contributed by atoms with Crippen molar-refractivity contribution < 1.29 is 13.9 Å². The Kier molecular flexibility index (Phi) is 5.72. The van der Waals surface area contributed by atoms with E-state index in [9.17, 15) is 4.79 Å². The molecule has 0 spiro atoms. The molecule has 1 atom stereocenters. The summed E-state index contributed by atoms with van der Waals surface area (Å²) in [7, 11) is 1.56. The Morgan fingerprint density at radius 1 is 1.65 bits per heavy atom. The first-order valence-corrected chi connectivity index (χ1v) is 5.74. The number of methoxy groups -OCH3 is 1. The number of hydrogen-bond donors (Lipinski definition) is 1. The summed E-state index contributed by atoms with van der Waals surface area (Å²) in [4.78, 5) is 13.7. The van der Waals surface area contributed by atoms with Crippen molar-refractivity contribution in [1.29, 1.82) is 0 Å². The Morgan fingerprint density at radius 3 is 2.88 bits per heavy atom. The second-order valence-electron chi connectivity index (χ2n) is 3.78. The van der Waals surface area contributed by atoms with Crippen molar-refractivity contribution in [1.82, 2.24) is 4.90 Å². The summed E-state index contributed by atoms with van der Waals surface area (Å²) >= 11 is 0. The number of amides is 1. The van der Waals surface area contributed by atoms with Crippen LogP contribution in [0.15, 0.2) is 22.8 Å². The summed E-state index contributed by atoms with van der Waals surface area (Å²) in [5, 5.41) is 0. The van der Waals surface area contributed by atoms with Crippen molar-refractivity contribution in [3.05, 3.63) is 24.2 Å². The van der Waals surface area contributed by atoms with Crippen molar-refractivity contribution in [2.45, 2.75) is 26.0 Å². The molecule has 2 N–H and O–H groups in total. The van der Waals surface area contributed by atoms with Gasteiger partial charge in [0.1, 0.15) is 5.76 Å². The van der Waals surface area contributed by atoms with Gasteiger partial charge in [-0.2, -0.15) is 0 Å². The van der Waals surface area contributed by atoms with Crippen molar-refractivity contribution in [2.24, 2.45) is 5.73 Å². The fraction of sp³-hybridized carbons (Fsp3) is 0.583. The average molecular weight is 240 g/mol. The number of furan rings is 1. The van der Waals surface area contributed by atoms with Crippen LogP contribution in [0, 0.1) is 0 Å². The number of carbonyl (C=O) groups excluding carboxylic acids is 1. The molecule has 0 aromatic carbocycles. The van der Waals surface area contributed by atoms with Gasteiger partial charge < -0.3 is 19.8 Å². The van der Waals surface area contributed by atoms with Crippen LogP contribution in [0.2, 0.25) is 0 Å². The lowest BCUT2D eigenvalue weighted by Crippen LogP contribution is -2.35. The fourth-order valence-electron chi connectivity index (χ4n) is 1.55. The van der Waals surface area contributed by atoms with Gasteiger partial charge in [-0.3, -0.25) is 4.79 Å². The van der Waals surface area contributed by atoms with E-state index in [1.807, 2.05) is 19.1 Å². The van der Waals surface area contributed by atoms with Gasteiger partial charge in [-0.25, -0.2) is 0 Å². The van der Waals surface area contributed by atoms with Gasteiger partial charge in [0.15, 0.2) is 0 Å². The largest absolute Gasteiger partial charge is 0.467 e. The summed E-state index contributed by atoms with van der Waals surface area (Å²) in [6.45, 7) is 3.41. The lowest BCUT2D eigenvalue weighted by molar-refractivity contribution is -0.134. The molecule has 1 unspecified atom stereocenters. The number of carbonyl (C=O) groups is 1. The van der Waals surface area contributed by atoms with E-state index in [2.05, 4.69) is 0 Å². The maximum absolute atomic E-state index is 12.0. The summed E-state index contributed by atoms with van der Waals surface area (Å²) in [6, 6.07) is 3.66. The number of nitrogens with two attached hydrogens (primary N) is 1. The molecule has 0 aliphatic rings. The Morgan fingerprint density at radius 2 is 2.41 bits per heavy atom. The van der Waals surface area contributed by atoms with Crippen LogP contribution < -0.4 is 5.73 Å². The van der Waals surface area contributed by atoms with Gasteiger partial charge in [0.25, 0.3) is 0 Å². The molecule has 5 nitrogen and oxygen atoms in total. The van der Waals surface area contributed by atoms with Crippen molar-refractivity contribution in [3.63, 3.8) is 0 Å². The Labute approximate surface area is 102 Å². The molecule has 96 valence electrons. The van der Waals surface area contributed by atoms with E-state index in [0.29, 0.717) is 26.1 Å². The first-order valence-electron chi connectivity index (χ1n) is 5.74. The highest BCUT2D eigenvalue weighted by atomic mass is 16.5. The minimum Gasteiger partial charge on any atom is -0.467 e. The summed E-state index contributed by atoms with van der Waals surface area (Å²) in [5.74, 6) is 0.808. The van der Waals surface area contributed by atoms with Crippen LogP contribution in [-0.4, -0.2) is 37.1 Å². The second-order valence-corrected chi connectivity index (χ2v) is 3.78. The maximum atomic E-state index is 12.0. The molecule has 0 saturated heterocycles. The lowest BCUT2D eigenvalue weighted by atomic mass is 10.2. The molecule has 5 heteroatoms. The highest BCUT2D eigenvalue weighted by Crippen LogP contribution is 2.08. The summed E-state index contributed by atoms with van der Waals surface area (Å²) < 4.78 is 10.3. The summed E-state index contributed by atoms with van der Waals surface area (Å²) in [5.41, 5.74) is 5.49. The highest BCUT2D eigenvalue weighted by molar-refractivity contribution is 5.76. The second kappa shape index (κ2) is 7.09. The van der Waals surface area contributed by atoms with Crippen molar-refractivity contribution in [3.8, 4) is 0 Å². The van der Waals surface area contributed by atoms with Crippen LogP contribution in [0.4, 0.5) is 0 Å². The Balaban J connectivity index is 2.52. The van der Waals surface area contributed by atoms with Gasteiger partial charge >= 0.3 is 0 Å². The van der Waals surface area contributed by atoms with Crippen LogP contribution in [0.3, 0.4) is 0 Å². The van der Waals surface area contributed by atoms with E-state index in [1.54, 1.807) is 18.3 Å². The molecule has 0 fully saturated rings. The van der Waals surface area contributed by atoms with Crippen LogP contribution >= 0.6 is 0 Å². The minimum atomic E-state index is -0.215. The van der Waals surface area contributed by atoms with Gasteiger partial charge in [0.05, 0.1) is 25.3 Å². The van der Waals surface area contributed by atoms with Gasteiger partial charge in [-0.1, -0.05) is 0 Å². The van der Waals surface area contributed by atoms with E-state index < -0.39 is 0 Å². The molecule has 1 aromatic rings. The number of ether oxygens (including phenoxy) is 1. The standard InChI is InChI=1S/C12H20N2O3/c1-3-14(9-10-5-4-6-17-10)12(15)7-11(8-13)16-2/h4-6,11H,3,7-9,13H2,1-2H3. The number of nitrogens with zero attached hydrogens (tertiary/aromatic N) is 1. The first kappa shape index (κ1) is 13.7. The molecule has 0 bridgehead atoms. The zero-order valence-corrected chi connectivity index (χ0v) is 10.4. The zero-order valence-electron chi connectivity index (χ0n) is 10.4. The summed E-state index contributed by atoms with van der Waals surface area (Å²) in [6.07, 6.45) is 1.70. The molecule has 0 radical (unpaired) electrons. The lowest BCUT2D eigenvalue weighted by Gasteiger charge is -2.22. The normalized spacial score (nSPS) is 12.4. The van der Waals surface area contributed by atoms with Gasteiger partial charge in [-0.05, 0) is 19.1 Å². The Bertz CT molecular complexity index is 321. The predicted octanol–water partition coefficient (Wildman–Crippen LogP) is 0.992. The molecule has 17 heavy (non-hydrogen) atoms. The van der Waals surface area contributed by atoms with Crippen LogP contribution in [0.5, 0.6) is 0 Å². The quantitative estimate of drug-likeness (QED) is 0.771. The molecule has 1 heterocycles. The third-order valence-corrected chi connectivity index (χ3v) is 2.66. The van der Waals surface area contributed by atoms with E-state index in [4.69, 9.17) is 14.9 Å². The maximum Gasteiger partial charge on any atom is 0.225 e. The SMILES string of the molecule is CCN(Cc1ccco1)C(=O)CC(CN)OC. The molecule has 0 saturated carbocycles. The van der Waals surface area contributed by atoms with E-state index >= 15 is 0 Å². The molecular formula is C12H20N2O3. The van der Waals surface area contributed by atoms with Crippen molar-refractivity contribution >= 4 is 5.91 Å². The smallest absolute Gasteiger partial charge is 0.225 e. The predicted molar refractivity (Wildman–Crippen MR) is 64.3 cm³/mol. The first-order chi connectivity index (χ1) is 8.21. The molecule has 0 aliphatic carbocycles. The third kappa shape index (κ3) is 4.20. The number of hydrogen-bond acceptors (Lipinski definition) is 4. The van der Waals surface area contributed by atoms with E-state index in [0.717, 1.165) is 5.76 Å². The molecular weight excluding hydrogens is 220 g/mol. The minimum absolute atomic E-state index is 0.0289. The van der Waals surface area contributed by atoms with E-state index in [-0.39, 0.29) is 12.0 Å². The molecule has 1 rings (SSSR count). The molecule has 0 aliphatic heterocycles. The zero-order chi connectivity index (χ0) is 12.7. The number of rotatable bonds is 7. The van der Waals surface area contributed by atoms with Crippen LogP contribution in [0.25, 0.3) is 0 Å². The van der Waals surface area contributed by atoms with Crippen LogP contribution in [0.1, 0.15) is 19.1 Å². The van der Waals surface area contributed by atoms with Gasteiger partial charge in [-0.15, -0.1) is 0 Å². The van der Waals surface area contributed by atoms with Gasteiger partial charge in [0.2, 0.25) is 5.91 Å². The topological polar surface area (TPSA) is 68.7 Å². The Hall–Kier alpha value is -1.33. The van der Waals surface area contributed by atoms with E-state index in [1.165, 1.54) is 0 Å². The van der Waals surface area contributed by atoms with Crippen molar-refractivity contribution in [2.75, 3.05) is 20.2 Å². The average Bonchev–Trinajstić information content (AvgIpc) is 2.85. The van der Waals surface area contributed by atoms with Gasteiger partial charge in [0, 0.05) is 20.2 Å². The van der Waals surface area contributed by atoms with Crippen LogP contribution in [-0.2, 0) is 16.1 Å². The highest BCUT2D eigenvalue weighted by Gasteiger charge is 2.17. The fourth-order valence-corrected chi connectivity index (χ4v) is 1.55. The molecule has 1 aromatic heterocycles. The third-order valence-electron chi connectivity index (χ3n) is 2.66. The molecule has 1 amide bonds.